The van der Waals surface area contributed by atoms with Gasteiger partial charge in [-0.3, -0.25) is 4.79 Å². The number of rotatable bonds is 13. The summed E-state index contributed by atoms with van der Waals surface area (Å²) in [6.45, 7) is 14.8. The quantitative estimate of drug-likeness (QED) is 0.195. The largest absolute Gasteiger partial charge is 0.477 e. The van der Waals surface area contributed by atoms with E-state index >= 15 is 0 Å². The fourth-order valence-electron chi connectivity index (χ4n) is 4.39. The third-order valence-electron chi connectivity index (χ3n) is 5.63. The number of nitrogens with one attached hydrogen (secondary N) is 2. The molecule has 0 bridgehead atoms. The van der Waals surface area contributed by atoms with Crippen molar-refractivity contribution in [3.8, 4) is 0 Å². The number of amides is 3. The van der Waals surface area contributed by atoms with Crippen molar-refractivity contribution < 1.29 is 38.2 Å². The molecule has 0 unspecified atom stereocenters. The molecule has 3 atom stereocenters. The molecule has 2 rings (SSSR count). The highest BCUT2D eigenvalue weighted by Crippen LogP contribution is 2.46. The Labute approximate surface area is 206 Å². The predicted molar refractivity (Wildman–Crippen MR) is 130 cm³/mol. The third-order valence-corrected chi connectivity index (χ3v) is 6.71. The average Bonchev–Trinajstić information content (AvgIpc) is 3.10. The Balaban J connectivity index is 2.25. The first kappa shape index (κ1) is 28.1. The summed E-state index contributed by atoms with van der Waals surface area (Å²) in [7, 11) is -1.93. The van der Waals surface area contributed by atoms with Crippen molar-refractivity contribution in [2.24, 2.45) is 11.8 Å². The van der Waals surface area contributed by atoms with Crippen molar-refractivity contribution in [3.63, 3.8) is 0 Å². The molecule has 35 heavy (non-hydrogen) atoms. The van der Waals surface area contributed by atoms with Gasteiger partial charge in [-0.15, -0.1) is 0 Å². The van der Waals surface area contributed by atoms with Gasteiger partial charge >= 0.3 is 18.2 Å². The predicted octanol–water partition coefficient (Wildman–Crippen LogP) is 2.24. The van der Waals surface area contributed by atoms with E-state index in [9.17, 15) is 24.3 Å². The lowest BCUT2D eigenvalue weighted by Gasteiger charge is -2.47. The van der Waals surface area contributed by atoms with Crippen LogP contribution < -0.4 is 10.6 Å². The molecular formula is C23H35N3O8Si. The van der Waals surface area contributed by atoms with Crippen molar-refractivity contribution in [3.05, 3.63) is 36.6 Å². The second-order valence-electron chi connectivity index (χ2n) is 9.35. The minimum absolute atomic E-state index is 0.00666. The maximum atomic E-state index is 13.0. The summed E-state index contributed by atoms with van der Waals surface area (Å²) in [5, 5.41) is 15.1. The van der Waals surface area contributed by atoms with Crippen LogP contribution in [-0.4, -0.2) is 80.8 Å². The van der Waals surface area contributed by atoms with Gasteiger partial charge in [0.05, 0.1) is 18.1 Å². The molecule has 3 amide bonds. The maximum Gasteiger partial charge on any atom is 0.407 e. The molecule has 3 N–H and O–H groups in total. The van der Waals surface area contributed by atoms with E-state index in [4.69, 9.17) is 13.9 Å². The summed E-state index contributed by atoms with van der Waals surface area (Å²) >= 11 is 0. The van der Waals surface area contributed by atoms with Gasteiger partial charge in [-0.25, -0.2) is 14.4 Å². The number of ether oxygens (including phenoxy) is 2. The number of nitrogens with zero attached hydrogens (tertiary/aromatic N) is 1. The van der Waals surface area contributed by atoms with Gasteiger partial charge in [0, 0.05) is 19.0 Å². The minimum atomic E-state index is -1.93. The second-order valence-corrected chi connectivity index (χ2v) is 13.8. The number of alkyl carbamates (subject to hydrolysis) is 2. The Morgan fingerprint density at radius 3 is 2.06 bits per heavy atom. The van der Waals surface area contributed by atoms with E-state index in [1.54, 1.807) is 0 Å². The Hall–Kier alpha value is -3.12. The van der Waals surface area contributed by atoms with Crippen molar-refractivity contribution in [2.75, 3.05) is 26.3 Å². The van der Waals surface area contributed by atoms with Gasteiger partial charge in [0.25, 0.3) is 0 Å². The van der Waals surface area contributed by atoms with E-state index in [1.807, 2.05) is 26.6 Å². The van der Waals surface area contributed by atoms with Crippen LogP contribution in [0.1, 0.15) is 13.3 Å². The highest BCUT2D eigenvalue weighted by Gasteiger charge is 2.58. The van der Waals surface area contributed by atoms with E-state index < -0.39 is 38.3 Å². The number of hydrogen-bond acceptors (Lipinski definition) is 7. The molecule has 0 aromatic carbocycles. The molecule has 0 spiro atoms. The molecule has 11 nitrogen and oxygen atoms in total. The molecule has 2 aliphatic heterocycles. The van der Waals surface area contributed by atoms with Crippen LogP contribution >= 0.6 is 0 Å². The number of fused-ring (bicyclic) bond motifs is 1. The number of hydrogen-bond donors (Lipinski definition) is 3. The Kier molecular flexibility index (Phi) is 9.66. The van der Waals surface area contributed by atoms with E-state index in [2.05, 4.69) is 23.8 Å². The van der Waals surface area contributed by atoms with Gasteiger partial charge in [0.2, 0.25) is 5.91 Å². The monoisotopic (exact) mass is 509 g/mol. The Bertz CT molecular complexity index is 870. The summed E-state index contributed by atoms with van der Waals surface area (Å²) in [5.74, 6) is -2.64. The van der Waals surface area contributed by atoms with Crippen LogP contribution in [0.5, 0.6) is 0 Å². The standard InChI is InChI=1S/C23H35N3O8Si/c1-7-9-32-22(30)24-12-15(13-25-23(31)33-10-8-2)16-11-17-18(14(3)34-35(4,5)6)20(27)26(17)19(16)21(28)29/h7-8,14-15,17-18H,1-2,9-13H2,3-6H3,(H,24,30)(H,25,31)(H,28,29)/t14-,17-,18-/m1/s1. The van der Waals surface area contributed by atoms with Crippen LogP contribution in [0, 0.1) is 11.8 Å². The minimum Gasteiger partial charge on any atom is -0.477 e. The molecule has 0 aliphatic carbocycles. The van der Waals surface area contributed by atoms with E-state index in [1.165, 1.54) is 17.1 Å². The lowest BCUT2D eigenvalue weighted by Crippen LogP contribution is -2.63. The van der Waals surface area contributed by atoms with Gasteiger partial charge in [-0.05, 0) is 38.6 Å². The zero-order valence-electron chi connectivity index (χ0n) is 20.7. The van der Waals surface area contributed by atoms with Crippen LogP contribution in [-0.2, 0) is 23.5 Å². The number of carbonyl (C=O) groups excluding carboxylic acids is 3. The topological polar surface area (TPSA) is 144 Å². The van der Waals surface area contributed by atoms with Crippen molar-refractivity contribution >= 4 is 32.4 Å². The van der Waals surface area contributed by atoms with Gasteiger partial charge in [0.1, 0.15) is 18.9 Å². The van der Waals surface area contributed by atoms with Crippen molar-refractivity contribution in [2.45, 2.75) is 45.1 Å². The Morgan fingerprint density at radius 1 is 1.11 bits per heavy atom. The first-order valence-electron chi connectivity index (χ1n) is 11.4. The van der Waals surface area contributed by atoms with Crippen LogP contribution in [0.2, 0.25) is 19.6 Å². The summed E-state index contributed by atoms with van der Waals surface area (Å²) in [6, 6.07) is -0.363. The molecule has 0 saturated carbocycles. The summed E-state index contributed by atoms with van der Waals surface area (Å²) < 4.78 is 16.0. The molecule has 0 aromatic rings. The highest BCUT2D eigenvalue weighted by molar-refractivity contribution is 6.69. The number of carboxylic acids is 1. The molecule has 2 aliphatic rings. The van der Waals surface area contributed by atoms with Crippen molar-refractivity contribution in [1.29, 1.82) is 0 Å². The van der Waals surface area contributed by atoms with Crippen molar-refractivity contribution in [1.82, 2.24) is 15.5 Å². The van der Waals surface area contributed by atoms with Crippen LogP contribution in [0.3, 0.4) is 0 Å². The first-order chi connectivity index (χ1) is 16.4. The molecule has 1 saturated heterocycles. The van der Waals surface area contributed by atoms with E-state index in [-0.39, 0.29) is 56.5 Å². The lowest BCUT2D eigenvalue weighted by molar-refractivity contribution is -0.160. The van der Waals surface area contributed by atoms with Gasteiger partial charge in [-0.2, -0.15) is 0 Å². The molecule has 12 heteroatoms. The summed E-state index contributed by atoms with van der Waals surface area (Å²) in [5.41, 5.74) is 0.329. The normalized spacial score (nSPS) is 20.0. The number of carbonyl (C=O) groups is 4. The molecule has 0 radical (unpaired) electrons. The maximum absolute atomic E-state index is 13.0. The molecule has 2 heterocycles. The fourth-order valence-corrected chi connectivity index (χ4v) is 5.65. The van der Waals surface area contributed by atoms with Gasteiger partial charge in [-0.1, -0.05) is 25.3 Å². The highest BCUT2D eigenvalue weighted by atomic mass is 28.4. The van der Waals surface area contributed by atoms with Gasteiger partial charge < -0.3 is 34.5 Å². The number of aliphatic carboxylic acids is 1. The first-order valence-corrected chi connectivity index (χ1v) is 14.8. The Morgan fingerprint density at radius 2 is 1.63 bits per heavy atom. The zero-order valence-corrected chi connectivity index (χ0v) is 21.7. The molecule has 0 aromatic heterocycles. The zero-order chi connectivity index (χ0) is 26.3. The van der Waals surface area contributed by atoms with Gasteiger partial charge in [0.15, 0.2) is 8.32 Å². The second kappa shape index (κ2) is 12.0. The molecule has 1 fully saturated rings. The fraction of sp³-hybridized carbons (Fsp3) is 0.565. The SMILES string of the molecule is C=CCOC(=O)NCC(CNC(=O)OCC=C)C1=C(C(=O)O)N2C(=O)[C@H]([C@@H](C)O[Si](C)(C)C)[C@H]2C1. The smallest absolute Gasteiger partial charge is 0.407 e. The van der Waals surface area contributed by atoms with E-state index in [0.717, 1.165) is 0 Å². The summed E-state index contributed by atoms with van der Waals surface area (Å²) in [4.78, 5) is 50.4. The molecular weight excluding hydrogens is 474 g/mol. The van der Waals surface area contributed by atoms with E-state index in [0.29, 0.717) is 5.57 Å². The van der Waals surface area contributed by atoms with Crippen LogP contribution in [0.4, 0.5) is 9.59 Å². The molecule has 194 valence electrons. The van der Waals surface area contributed by atoms with Crippen LogP contribution in [0.15, 0.2) is 36.6 Å². The lowest BCUT2D eigenvalue weighted by atomic mass is 9.82. The average molecular weight is 510 g/mol. The van der Waals surface area contributed by atoms with Crippen LogP contribution in [0.25, 0.3) is 0 Å². The number of carboxylic acid groups (broad SMARTS) is 1. The third kappa shape index (κ3) is 7.18. The number of β-lactam (4-membered cyclic amide) rings is 1. The summed E-state index contributed by atoms with van der Waals surface area (Å²) in [6.07, 6.45) is 1.33.